The fourth-order valence-electron chi connectivity index (χ4n) is 3.07. The molecule has 1 unspecified atom stereocenters. The molecular formula is C18H27ClF2N2O2. The number of nitrogens with one attached hydrogen (secondary N) is 2. The molecule has 1 amide bonds. The third-order valence-electron chi connectivity index (χ3n) is 4.53. The lowest BCUT2D eigenvalue weighted by atomic mass is 9.84. The molecule has 142 valence electrons. The Bertz CT molecular complexity index is 552. The number of ether oxygens (including phenoxy) is 1. The topological polar surface area (TPSA) is 50.4 Å². The molecular weight excluding hydrogens is 350 g/mol. The number of carbonyl (C=O) groups excluding carboxylic acids is 1. The van der Waals surface area contributed by atoms with Crippen molar-refractivity contribution in [2.75, 3.05) is 25.0 Å². The van der Waals surface area contributed by atoms with E-state index in [1.165, 1.54) is 0 Å². The van der Waals surface area contributed by atoms with Crippen LogP contribution in [-0.4, -0.2) is 32.0 Å². The molecule has 1 aromatic rings. The Morgan fingerprint density at radius 3 is 2.68 bits per heavy atom. The zero-order chi connectivity index (χ0) is 17.5. The van der Waals surface area contributed by atoms with Crippen LogP contribution in [-0.2, 0) is 4.79 Å². The maximum absolute atomic E-state index is 12.3. The fourth-order valence-corrected chi connectivity index (χ4v) is 3.07. The third kappa shape index (κ3) is 7.16. The lowest BCUT2D eigenvalue weighted by Crippen LogP contribution is -2.32. The third-order valence-corrected chi connectivity index (χ3v) is 4.53. The summed E-state index contributed by atoms with van der Waals surface area (Å²) in [7, 11) is 0. The van der Waals surface area contributed by atoms with E-state index in [4.69, 9.17) is 4.74 Å². The van der Waals surface area contributed by atoms with Gasteiger partial charge in [-0.05, 0) is 56.3 Å². The number of hydrogen-bond donors (Lipinski definition) is 2. The first kappa shape index (κ1) is 21.6. The summed E-state index contributed by atoms with van der Waals surface area (Å²) in [6, 6.07) is 5.12. The lowest BCUT2D eigenvalue weighted by Gasteiger charge is -2.27. The maximum atomic E-state index is 12.3. The molecule has 1 aliphatic heterocycles. The monoisotopic (exact) mass is 376 g/mol. The average Bonchev–Trinajstić information content (AvgIpc) is 2.56. The zero-order valence-electron chi connectivity index (χ0n) is 14.7. The van der Waals surface area contributed by atoms with Gasteiger partial charge in [-0.1, -0.05) is 13.0 Å². The van der Waals surface area contributed by atoms with Crippen molar-refractivity contribution in [1.29, 1.82) is 0 Å². The van der Waals surface area contributed by atoms with E-state index in [1.807, 2.05) is 0 Å². The van der Waals surface area contributed by atoms with Crippen LogP contribution in [0, 0.1) is 18.8 Å². The number of rotatable bonds is 7. The molecule has 1 aromatic carbocycles. The summed E-state index contributed by atoms with van der Waals surface area (Å²) in [5.41, 5.74) is 1.34. The van der Waals surface area contributed by atoms with E-state index in [-0.39, 0.29) is 18.3 Å². The predicted octanol–water partition coefficient (Wildman–Crippen LogP) is 4.03. The summed E-state index contributed by atoms with van der Waals surface area (Å²) < 4.78 is 29.7. The highest BCUT2D eigenvalue weighted by Crippen LogP contribution is 2.26. The Labute approximate surface area is 154 Å². The van der Waals surface area contributed by atoms with Crippen LogP contribution in [0.4, 0.5) is 14.5 Å². The van der Waals surface area contributed by atoms with E-state index in [1.54, 1.807) is 25.1 Å². The molecule has 1 atom stereocenters. The highest BCUT2D eigenvalue weighted by molar-refractivity contribution is 5.91. The number of amides is 1. The second-order valence-corrected chi connectivity index (χ2v) is 6.50. The molecule has 25 heavy (non-hydrogen) atoms. The Kier molecular flexibility index (Phi) is 9.14. The Hall–Kier alpha value is -1.40. The highest BCUT2D eigenvalue weighted by atomic mass is 35.5. The van der Waals surface area contributed by atoms with Crippen molar-refractivity contribution in [2.24, 2.45) is 11.8 Å². The molecule has 1 heterocycles. The number of halogens is 3. The van der Waals surface area contributed by atoms with Crippen molar-refractivity contribution in [3.8, 4) is 5.75 Å². The Balaban J connectivity index is 0.00000312. The maximum Gasteiger partial charge on any atom is 0.272 e. The van der Waals surface area contributed by atoms with Crippen molar-refractivity contribution in [3.05, 3.63) is 23.8 Å². The summed E-state index contributed by atoms with van der Waals surface area (Å²) in [6.07, 6.45) is 0.148. The molecule has 4 nitrogen and oxygen atoms in total. The first-order valence-electron chi connectivity index (χ1n) is 8.48. The summed E-state index contributed by atoms with van der Waals surface area (Å²) in [6.45, 7) is 5.28. The minimum Gasteiger partial charge on any atom is -0.487 e. The van der Waals surface area contributed by atoms with Crippen LogP contribution in [0.5, 0.6) is 5.75 Å². The van der Waals surface area contributed by atoms with Gasteiger partial charge in [-0.3, -0.25) is 4.79 Å². The van der Waals surface area contributed by atoms with E-state index in [0.717, 1.165) is 31.5 Å². The van der Waals surface area contributed by atoms with E-state index in [9.17, 15) is 13.6 Å². The molecule has 2 rings (SSSR count). The molecule has 0 bridgehead atoms. The minimum atomic E-state index is -2.52. The number of anilines is 1. The van der Waals surface area contributed by atoms with E-state index < -0.39 is 13.0 Å². The first-order valence-corrected chi connectivity index (χ1v) is 8.48. The average molecular weight is 377 g/mol. The summed E-state index contributed by atoms with van der Waals surface area (Å²) in [5, 5.41) is 6.17. The van der Waals surface area contributed by atoms with Crippen molar-refractivity contribution in [1.82, 2.24) is 5.32 Å². The molecule has 0 saturated carbocycles. The Morgan fingerprint density at radius 2 is 2.04 bits per heavy atom. The molecule has 1 fully saturated rings. The zero-order valence-corrected chi connectivity index (χ0v) is 15.5. The van der Waals surface area contributed by atoms with Crippen LogP contribution < -0.4 is 15.4 Å². The van der Waals surface area contributed by atoms with Crippen LogP contribution in [0.25, 0.3) is 0 Å². The number of aryl methyl sites for hydroxylation is 1. The van der Waals surface area contributed by atoms with Crippen molar-refractivity contribution in [2.45, 2.75) is 39.5 Å². The SMILES string of the molecule is Cc1ccc(NC(=O)CC(C)C2CCNCC2)cc1OCC(F)F.Cl. The summed E-state index contributed by atoms with van der Waals surface area (Å²) in [5.74, 6) is 1.22. The molecule has 7 heteroatoms. The van der Waals surface area contributed by atoms with Gasteiger partial charge < -0.3 is 15.4 Å². The number of alkyl halides is 2. The second-order valence-electron chi connectivity index (χ2n) is 6.50. The van der Waals surface area contributed by atoms with Crippen molar-refractivity contribution < 1.29 is 18.3 Å². The van der Waals surface area contributed by atoms with Crippen LogP contribution in [0.1, 0.15) is 31.7 Å². The Morgan fingerprint density at radius 1 is 1.36 bits per heavy atom. The first-order chi connectivity index (χ1) is 11.5. The normalized spacial score (nSPS) is 16.2. The van der Waals surface area contributed by atoms with Crippen molar-refractivity contribution >= 4 is 24.0 Å². The summed E-state index contributed by atoms with van der Waals surface area (Å²) in [4.78, 5) is 12.2. The predicted molar refractivity (Wildman–Crippen MR) is 97.9 cm³/mol. The largest absolute Gasteiger partial charge is 0.487 e. The van der Waals surface area contributed by atoms with Gasteiger partial charge in [0.2, 0.25) is 5.91 Å². The molecule has 1 aliphatic rings. The number of benzene rings is 1. The van der Waals surface area contributed by atoms with Gasteiger partial charge >= 0.3 is 0 Å². The number of piperidine rings is 1. The molecule has 1 saturated heterocycles. The van der Waals surface area contributed by atoms with Gasteiger partial charge in [0, 0.05) is 18.2 Å². The van der Waals surface area contributed by atoms with Gasteiger partial charge in [-0.15, -0.1) is 12.4 Å². The van der Waals surface area contributed by atoms with Gasteiger partial charge in [0.25, 0.3) is 6.43 Å². The minimum absolute atomic E-state index is 0. The molecule has 0 aromatic heterocycles. The second kappa shape index (κ2) is 10.6. The van der Waals surface area contributed by atoms with E-state index >= 15 is 0 Å². The molecule has 2 N–H and O–H groups in total. The van der Waals surface area contributed by atoms with Crippen LogP contribution in [0.15, 0.2) is 18.2 Å². The van der Waals surface area contributed by atoms with Crippen molar-refractivity contribution in [3.63, 3.8) is 0 Å². The molecule has 0 spiro atoms. The number of hydrogen-bond acceptors (Lipinski definition) is 3. The molecule has 0 radical (unpaired) electrons. The van der Waals surface area contributed by atoms with E-state index in [0.29, 0.717) is 29.7 Å². The van der Waals surface area contributed by atoms with Gasteiger partial charge in [-0.25, -0.2) is 8.78 Å². The standard InChI is InChI=1S/C18H26F2N2O2.ClH/c1-12-3-4-15(10-16(12)24-11-17(19)20)22-18(23)9-13(2)14-5-7-21-8-6-14;/h3-4,10,13-14,17,21H,5-9,11H2,1-2H3,(H,22,23);1H. The van der Waals surface area contributed by atoms with Gasteiger partial charge in [-0.2, -0.15) is 0 Å². The summed E-state index contributed by atoms with van der Waals surface area (Å²) >= 11 is 0. The van der Waals surface area contributed by atoms with Crippen LogP contribution >= 0.6 is 12.4 Å². The van der Waals surface area contributed by atoms with Crippen LogP contribution in [0.2, 0.25) is 0 Å². The van der Waals surface area contributed by atoms with Gasteiger partial charge in [0.1, 0.15) is 12.4 Å². The smallest absolute Gasteiger partial charge is 0.272 e. The quantitative estimate of drug-likeness (QED) is 0.755. The molecule has 0 aliphatic carbocycles. The van der Waals surface area contributed by atoms with E-state index in [2.05, 4.69) is 17.6 Å². The van der Waals surface area contributed by atoms with Gasteiger partial charge in [0.05, 0.1) is 0 Å². The lowest BCUT2D eigenvalue weighted by molar-refractivity contribution is -0.117. The van der Waals surface area contributed by atoms with Crippen LogP contribution in [0.3, 0.4) is 0 Å². The fraction of sp³-hybridized carbons (Fsp3) is 0.611. The highest BCUT2D eigenvalue weighted by Gasteiger charge is 2.22. The number of carbonyl (C=O) groups is 1. The van der Waals surface area contributed by atoms with Gasteiger partial charge in [0.15, 0.2) is 0 Å².